The number of unbranched alkanes of at least 4 members (excludes halogenated alkanes) is 1. The molecule has 0 spiro atoms. The smallest absolute Gasteiger partial charge is 0.230 e. The van der Waals surface area contributed by atoms with Crippen LogP contribution >= 0.6 is 11.8 Å². The van der Waals surface area contributed by atoms with Crippen molar-refractivity contribution in [1.29, 1.82) is 0 Å². The van der Waals surface area contributed by atoms with E-state index in [1.54, 1.807) is 6.92 Å². The van der Waals surface area contributed by atoms with Crippen molar-refractivity contribution in [2.24, 2.45) is 0 Å². The molecule has 0 aliphatic rings. The van der Waals surface area contributed by atoms with E-state index in [1.165, 1.54) is 18.6 Å². The van der Waals surface area contributed by atoms with Gasteiger partial charge in [-0.05, 0) is 31.4 Å². The second-order valence-electron chi connectivity index (χ2n) is 3.09. The van der Waals surface area contributed by atoms with Crippen molar-refractivity contribution < 1.29 is 4.42 Å². The number of nitrogens with zero attached hydrogens (tertiary/aromatic N) is 2. The maximum Gasteiger partial charge on any atom is 0.230 e. The summed E-state index contributed by atoms with van der Waals surface area (Å²) >= 11 is 1.89. The maximum atomic E-state index is 5.22. The van der Waals surface area contributed by atoms with Crippen molar-refractivity contribution >= 4 is 11.8 Å². The Balaban J connectivity index is 1.99. The molecule has 0 aromatic carbocycles. The van der Waals surface area contributed by atoms with Crippen LogP contribution in [0.25, 0.3) is 0 Å². The van der Waals surface area contributed by atoms with Crippen LogP contribution in [0.4, 0.5) is 0 Å². The summed E-state index contributed by atoms with van der Waals surface area (Å²) in [5.74, 6) is 2.54. The van der Waals surface area contributed by atoms with Crippen molar-refractivity contribution in [3.05, 3.63) is 11.8 Å². The van der Waals surface area contributed by atoms with Gasteiger partial charge in [0, 0.05) is 6.92 Å². The van der Waals surface area contributed by atoms with E-state index in [-0.39, 0.29) is 0 Å². The van der Waals surface area contributed by atoms with Crippen LogP contribution in [0.3, 0.4) is 0 Å². The lowest BCUT2D eigenvalue weighted by Crippen LogP contribution is -2.15. The minimum atomic E-state index is 0.629. The average molecular weight is 215 g/mol. The molecule has 0 atom stereocenters. The van der Waals surface area contributed by atoms with Gasteiger partial charge in [0.05, 0.1) is 6.54 Å². The third-order valence-corrected chi connectivity index (χ3v) is 2.49. The molecule has 1 N–H and O–H groups in total. The van der Waals surface area contributed by atoms with Crippen LogP contribution in [-0.2, 0) is 6.54 Å². The van der Waals surface area contributed by atoms with Crippen LogP contribution in [0.2, 0.25) is 0 Å². The highest BCUT2D eigenvalue weighted by atomic mass is 32.2. The number of aromatic nitrogens is 2. The number of hydrogen-bond donors (Lipinski definition) is 1. The molecule has 0 radical (unpaired) electrons. The van der Waals surface area contributed by atoms with E-state index in [0.717, 1.165) is 6.54 Å². The lowest BCUT2D eigenvalue weighted by Gasteiger charge is -2.00. The number of aryl methyl sites for hydroxylation is 1. The van der Waals surface area contributed by atoms with Crippen LogP contribution in [0, 0.1) is 6.92 Å². The van der Waals surface area contributed by atoms with Gasteiger partial charge >= 0.3 is 0 Å². The second kappa shape index (κ2) is 6.84. The summed E-state index contributed by atoms with van der Waals surface area (Å²) in [5.41, 5.74) is 0. The van der Waals surface area contributed by atoms with Crippen molar-refractivity contribution in [2.75, 3.05) is 18.6 Å². The molecule has 0 unspecified atom stereocenters. The Labute approximate surface area is 88.9 Å². The van der Waals surface area contributed by atoms with Gasteiger partial charge in [0.2, 0.25) is 11.8 Å². The quantitative estimate of drug-likeness (QED) is 0.700. The summed E-state index contributed by atoms with van der Waals surface area (Å²) < 4.78 is 5.22. The molecule has 0 amide bonds. The van der Waals surface area contributed by atoms with Crippen LogP contribution in [0.1, 0.15) is 24.6 Å². The minimum Gasteiger partial charge on any atom is -0.424 e. The Bertz CT molecular complexity index is 252. The second-order valence-corrected chi connectivity index (χ2v) is 4.08. The Hall–Kier alpha value is -0.550. The number of thioether (sulfide) groups is 1. The van der Waals surface area contributed by atoms with Crippen molar-refractivity contribution in [2.45, 2.75) is 26.3 Å². The van der Waals surface area contributed by atoms with Crippen LogP contribution in [0.5, 0.6) is 0 Å². The van der Waals surface area contributed by atoms with Gasteiger partial charge in [-0.25, -0.2) is 0 Å². The minimum absolute atomic E-state index is 0.629. The largest absolute Gasteiger partial charge is 0.424 e. The summed E-state index contributed by atoms with van der Waals surface area (Å²) in [5, 5.41) is 10.9. The molecule has 14 heavy (non-hydrogen) atoms. The van der Waals surface area contributed by atoms with Gasteiger partial charge in [-0.1, -0.05) is 0 Å². The number of hydrogen-bond acceptors (Lipinski definition) is 5. The normalized spacial score (nSPS) is 10.7. The molecular weight excluding hydrogens is 198 g/mol. The molecule has 0 fully saturated rings. The Morgan fingerprint density at radius 2 is 2.21 bits per heavy atom. The first-order chi connectivity index (χ1) is 6.83. The van der Waals surface area contributed by atoms with Gasteiger partial charge in [-0.2, -0.15) is 11.8 Å². The number of rotatable bonds is 7. The zero-order valence-corrected chi connectivity index (χ0v) is 9.56. The zero-order valence-electron chi connectivity index (χ0n) is 8.75. The van der Waals surface area contributed by atoms with Gasteiger partial charge in [-0.3, -0.25) is 0 Å². The van der Waals surface area contributed by atoms with E-state index in [4.69, 9.17) is 4.42 Å². The highest BCUT2D eigenvalue weighted by molar-refractivity contribution is 7.98. The van der Waals surface area contributed by atoms with Gasteiger partial charge in [0.1, 0.15) is 0 Å². The highest BCUT2D eigenvalue weighted by Gasteiger charge is 1.99. The van der Waals surface area contributed by atoms with Crippen LogP contribution < -0.4 is 5.32 Å². The molecule has 0 saturated heterocycles. The molecular formula is C9H17N3OS. The molecule has 0 saturated carbocycles. The summed E-state index contributed by atoms with van der Waals surface area (Å²) in [6.45, 7) is 3.50. The fourth-order valence-electron chi connectivity index (χ4n) is 1.10. The van der Waals surface area contributed by atoms with Crippen molar-refractivity contribution in [1.82, 2.24) is 15.5 Å². The van der Waals surface area contributed by atoms with E-state index >= 15 is 0 Å². The van der Waals surface area contributed by atoms with Crippen LogP contribution in [-0.4, -0.2) is 28.8 Å². The molecule has 0 bridgehead atoms. The van der Waals surface area contributed by atoms with Gasteiger partial charge < -0.3 is 9.73 Å². The van der Waals surface area contributed by atoms with Crippen LogP contribution in [0.15, 0.2) is 4.42 Å². The molecule has 0 aliphatic carbocycles. The Kier molecular flexibility index (Phi) is 5.63. The topological polar surface area (TPSA) is 51.0 Å². The lowest BCUT2D eigenvalue weighted by molar-refractivity contribution is 0.445. The first-order valence-electron chi connectivity index (χ1n) is 4.81. The fourth-order valence-corrected chi connectivity index (χ4v) is 1.59. The third kappa shape index (κ3) is 4.62. The SMILES string of the molecule is CSCCCCNCc1nnc(C)o1. The van der Waals surface area contributed by atoms with E-state index < -0.39 is 0 Å². The lowest BCUT2D eigenvalue weighted by atomic mass is 10.3. The molecule has 1 heterocycles. The average Bonchev–Trinajstić information content (AvgIpc) is 2.58. The predicted octanol–water partition coefficient (Wildman–Crippen LogP) is 1.61. The first kappa shape index (κ1) is 11.5. The summed E-state index contributed by atoms with van der Waals surface area (Å²) in [7, 11) is 0. The zero-order chi connectivity index (χ0) is 10.2. The summed E-state index contributed by atoms with van der Waals surface area (Å²) in [6.07, 6.45) is 4.60. The standard InChI is InChI=1S/C9H17N3OS/c1-8-11-12-9(13-8)7-10-5-3-4-6-14-2/h10H,3-7H2,1-2H3. The molecule has 1 aromatic heterocycles. The predicted molar refractivity (Wildman–Crippen MR) is 58.4 cm³/mol. The van der Waals surface area contributed by atoms with E-state index in [1.807, 2.05) is 11.8 Å². The number of nitrogens with one attached hydrogen (secondary N) is 1. The maximum absolute atomic E-state index is 5.22. The first-order valence-corrected chi connectivity index (χ1v) is 6.21. The van der Waals surface area contributed by atoms with E-state index in [0.29, 0.717) is 18.3 Å². The monoisotopic (exact) mass is 215 g/mol. The van der Waals surface area contributed by atoms with Gasteiger partial charge in [0.25, 0.3) is 0 Å². The summed E-state index contributed by atoms with van der Waals surface area (Å²) in [4.78, 5) is 0. The molecule has 80 valence electrons. The highest BCUT2D eigenvalue weighted by Crippen LogP contribution is 1.99. The Morgan fingerprint density at radius 1 is 1.36 bits per heavy atom. The summed E-state index contributed by atoms with van der Waals surface area (Å²) in [6, 6.07) is 0. The van der Waals surface area contributed by atoms with Gasteiger partial charge in [-0.15, -0.1) is 10.2 Å². The molecule has 4 nitrogen and oxygen atoms in total. The molecule has 1 aromatic rings. The third-order valence-electron chi connectivity index (χ3n) is 1.80. The molecule has 1 rings (SSSR count). The van der Waals surface area contributed by atoms with Crippen molar-refractivity contribution in [3.63, 3.8) is 0 Å². The Morgan fingerprint density at radius 3 is 2.86 bits per heavy atom. The fraction of sp³-hybridized carbons (Fsp3) is 0.778. The molecule has 0 aliphatic heterocycles. The van der Waals surface area contributed by atoms with E-state index in [9.17, 15) is 0 Å². The van der Waals surface area contributed by atoms with Gasteiger partial charge in [0.15, 0.2) is 0 Å². The van der Waals surface area contributed by atoms with Crippen molar-refractivity contribution in [3.8, 4) is 0 Å². The van der Waals surface area contributed by atoms with E-state index in [2.05, 4.69) is 21.8 Å². The molecule has 5 heteroatoms.